The van der Waals surface area contributed by atoms with Gasteiger partial charge in [-0.25, -0.2) is 8.42 Å². The molecule has 1 aliphatic heterocycles. The summed E-state index contributed by atoms with van der Waals surface area (Å²) in [4.78, 5) is 28.0. The molecular formula is C20H22N4O5S. The van der Waals surface area contributed by atoms with E-state index >= 15 is 0 Å². The number of aliphatic imine (C=N–C) groups is 1. The predicted octanol–water partition coefficient (Wildman–Crippen LogP) is 3.14. The van der Waals surface area contributed by atoms with Crippen LogP contribution >= 0.6 is 0 Å². The third-order valence-electron chi connectivity index (χ3n) is 4.75. The minimum Gasteiger partial charge on any atom is -0.324 e. The second kappa shape index (κ2) is 8.62. The Kier molecular flexibility index (Phi) is 6.16. The summed E-state index contributed by atoms with van der Waals surface area (Å²) in [5.74, 6) is -0.339. The smallest absolute Gasteiger partial charge is 0.274 e. The number of sulfonamides is 1. The van der Waals surface area contributed by atoms with E-state index in [1.54, 1.807) is 37.3 Å². The van der Waals surface area contributed by atoms with Crippen molar-refractivity contribution in [3.8, 4) is 0 Å². The van der Waals surface area contributed by atoms with Crippen LogP contribution in [0.25, 0.3) is 0 Å². The van der Waals surface area contributed by atoms with E-state index in [0.29, 0.717) is 24.0 Å². The van der Waals surface area contributed by atoms with Crippen LogP contribution in [0.5, 0.6) is 0 Å². The first kappa shape index (κ1) is 21.4. The highest BCUT2D eigenvalue weighted by molar-refractivity contribution is 7.90. The number of nitro benzene ring substituents is 1. The van der Waals surface area contributed by atoms with Crippen LogP contribution in [-0.2, 0) is 14.8 Å². The molecule has 10 heteroatoms. The number of carbonyl (C=O) groups is 1. The molecule has 3 rings (SSSR count). The first-order valence-electron chi connectivity index (χ1n) is 9.49. The molecule has 2 aromatic rings. The van der Waals surface area contributed by atoms with Crippen LogP contribution in [0.1, 0.15) is 37.3 Å². The molecule has 2 N–H and O–H groups in total. The van der Waals surface area contributed by atoms with Crippen molar-refractivity contribution in [1.82, 2.24) is 4.72 Å². The van der Waals surface area contributed by atoms with Crippen molar-refractivity contribution in [2.45, 2.75) is 44.0 Å². The molecule has 158 valence electrons. The third-order valence-corrected chi connectivity index (χ3v) is 6.15. The van der Waals surface area contributed by atoms with Crippen LogP contribution < -0.4 is 10.0 Å². The van der Waals surface area contributed by atoms with Crippen molar-refractivity contribution in [2.24, 2.45) is 4.99 Å². The zero-order valence-electron chi connectivity index (χ0n) is 16.6. The molecular weight excluding hydrogens is 408 g/mol. The molecule has 0 aliphatic carbocycles. The maximum absolute atomic E-state index is 12.9. The number of carbonyl (C=O) groups excluding carboxylic acids is 1. The second-order valence-corrected chi connectivity index (χ2v) is 8.64. The third kappa shape index (κ3) is 4.48. The largest absolute Gasteiger partial charge is 0.324 e. The number of nitrogens with zero attached hydrogens (tertiary/aromatic N) is 2. The van der Waals surface area contributed by atoms with E-state index in [0.717, 1.165) is 6.42 Å². The number of anilines is 1. The number of hydrogen-bond acceptors (Lipinski definition) is 6. The first-order chi connectivity index (χ1) is 14.2. The van der Waals surface area contributed by atoms with E-state index in [2.05, 4.69) is 15.0 Å². The fourth-order valence-corrected chi connectivity index (χ4v) is 4.39. The molecule has 0 aromatic heterocycles. The monoisotopic (exact) mass is 430 g/mol. The molecule has 2 aromatic carbocycles. The van der Waals surface area contributed by atoms with Crippen LogP contribution in [0.2, 0.25) is 0 Å². The van der Waals surface area contributed by atoms with Gasteiger partial charge >= 0.3 is 0 Å². The van der Waals surface area contributed by atoms with Crippen molar-refractivity contribution in [1.29, 1.82) is 0 Å². The van der Waals surface area contributed by atoms with Crippen molar-refractivity contribution in [2.75, 3.05) is 5.32 Å². The van der Waals surface area contributed by atoms with E-state index in [1.165, 1.54) is 12.1 Å². The molecule has 0 spiro atoms. The van der Waals surface area contributed by atoms with Crippen molar-refractivity contribution in [3.05, 3.63) is 63.7 Å². The van der Waals surface area contributed by atoms with Crippen molar-refractivity contribution in [3.63, 3.8) is 0 Å². The van der Waals surface area contributed by atoms with Crippen LogP contribution in [0.3, 0.4) is 0 Å². The standard InChI is InChI=1S/C20H22N4O5S/c1-3-4-8-16(20(25)21-14-11-10-13(2)17(12-14)24(26)27)22-19-15-7-5-6-9-18(15)30(28,29)23-19/h5-7,9-12,16H,3-4,8H2,1-2H3,(H,21,25)(H,22,23). The Morgan fingerprint density at radius 3 is 2.70 bits per heavy atom. The van der Waals surface area contributed by atoms with Crippen LogP contribution in [0.4, 0.5) is 11.4 Å². The van der Waals surface area contributed by atoms with Gasteiger partial charge in [0.25, 0.3) is 15.7 Å². The average molecular weight is 430 g/mol. The molecule has 0 bridgehead atoms. The summed E-state index contributed by atoms with van der Waals surface area (Å²) >= 11 is 0. The molecule has 0 saturated carbocycles. The second-order valence-electron chi connectivity index (χ2n) is 6.99. The summed E-state index contributed by atoms with van der Waals surface area (Å²) in [6.45, 7) is 3.59. The first-order valence-corrected chi connectivity index (χ1v) is 11.0. The Morgan fingerprint density at radius 1 is 1.27 bits per heavy atom. The molecule has 0 saturated heterocycles. The quantitative estimate of drug-likeness (QED) is 0.515. The number of nitrogens with one attached hydrogen (secondary N) is 2. The van der Waals surface area contributed by atoms with E-state index in [1.807, 2.05) is 6.92 Å². The topological polar surface area (TPSA) is 131 Å². The highest BCUT2D eigenvalue weighted by Gasteiger charge is 2.31. The Morgan fingerprint density at radius 2 is 2.00 bits per heavy atom. The van der Waals surface area contributed by atoms with Crippen molar-refractivity contribution >= 4 is 33.1 Å². The number of unbranched alkanes of at least 4 members (excludes halogenated alkanes) is 1. The molecule has 1 atom stereocenters. The van der Waals surface area contributed by atoms with Gasteiger partial charge in [0, 0.05) is 22.9 Å². The normalized spacial score (nSPS) is 16.5. The number of hydrogen-bond donors (Lipinski definition) is 2. The van der Waals surface area contributed by atoms with E-state index in [9.17, 15) is 23.3 Å². The Hall–Kier alpha value is -3.27. The molecule has 1 aliphatic rings. The molecule has 0 radical (unpaired) electrons. The number of amidine groups is 1. The minimum atomic E-state index is -3.71. The molecule has 9 nitrogen and oxygen atoms in total. The van der Waals surface area contributed by atoms with Gasteiger partial charge in [-0.2, -0.15) is 0 Å². The summed E-state index contributed by atoms with van der Waals surface area (Å²) in [6.07, 6.45) is 1.94. The molecule has 1 amide bonds. The number of benzene rings is 2. The summed E-state index contributed by atoms with van der Waals surface area (Å²) in [5.41, 5.74) is 1.09. The van der Waals surface area contributed by atoms with Gasteiger partial charge in [0.05, 0.1) is 9.82 Å². The molecule has 0 fully saturated rings. The fraction of sp³-hybridized carbons (Fsp3) is 0.300. The van der Waals surface area contributed by atoms with Crippen LogP contribution in [0, 0.1) is 17.0 Å². The molecule has 1 unspecified atom stereocenters. The maximum Gasteiger partial charge on any atom is 0.274 e. The minimum absolute atomic E-state index is 0.0956. The number of aryl methyl sites for hydroxylation is 1. The number of amides is 1. The summed E-state index contributed by atoms with van der Waals surface area (Å²) in [6, 6.07) is 10.0. The SMILES string of the molecule is CCCCC(N=C1NS(=O)(=O)c2ccccc21)C(=O)Nc1ccc(C)c([N+](=O)[O-])c1. The van der Waals surface area contributed by atoms with Gasteiger partial charge < -0.3 is 5.32 Å². The number of fused-ring (bicyclic) bond motifs is 1. The fourth-order valence-electron chi connectivity index (χ4n) is 3.15. The van der Waals surface area contributed by atoms with Gasteiger partial charge in [-0.05, 0) is 31.5 Å². The van der Waals surface area contributed by atoms with E-state index in [-0.39, 0.29) is 22.1 Å². The lowest BCUT2D eigenvalue weighted by atomic mass is 10.1. The van der Waals surface area contributed by atoms with Gasteiger partial charge in [0.2, 0.25) is 5.91 Å². The number of nitro groups is 1. The Bertz CT molecular complexity index is 1130. The zero-order chi connectivity index (χ0) is 21.9. The summed E-state index contributed by atoms with van der Waals surface area (Å²) < 4.78 is 27.0. The van der Waals surface area contributed by atoms with Crippen molar-refractivity contribution < 1.29 is 18.1 Å². The van der Waals surface area contributed by atoms with Crippen LogP contribution in [0.15, 0.2) is 52.4 Å². The van der Waals surface area contributed by atoms with Gasteiger partial charge in [-0.15, -0.1) is 0 Å². The molecule has 1 heterocycles. The van der Waals surface area contributed by atoms with Gasteiger partial charge in [0.1, 0.15) is 11.9 Å². The molecule has 30 heavy (non-hydrogen) atoms. The summed E-state index contributed by atoms with van der Waals surface area (Å²) in [5, 5.41) is 13.8. The van der Waals surface area contributed by atoms with Gasteiger partial charge in [0.15, 0.2) is 0 Å². The lowest BCUT2D eigenvalue weighted by molar-refractivity contribution is -0.385. The van der Waals surface area contributed by atoms with E-state index in [4.69, 9.17) is 0 Å². The highest BCUT2D eigenvalue weighted by Crippen LogP contribution is 2.25. The zero-order valence-corrected chi connectivity index (χ0v) is 17.4. The highest BCUT2D eigenvalue weighted by atomic mass is 32.2. The lowest BCUT2D eigenvalue weighted by Crippen LogP contribution is -2.30. The predicted molar refractivity (Wildman–Crippen MR) is 113 cm³/mol. The van der Waals surface area contributed by atoms with Crippen LogP contribution in [-0.4, -0.2) is 31.1 Å². The summed E-state index contributed by atoms with van der Waals surface area (Å²) in [7, 11) is -3.71. The van der Waals surface area contributed by atoms with E-state index < -0.39 is 26.9 Å². The number of rotatable bonds is 7. The lowest BCUT2D eigenvalue weighted by Gasteiger charge is -2.14. The Labute approximate surface area is 174 Å². The van der Waals surface area contributed by atoms with Gasteiger partial charge in [-0.1, -0.05) is 38.0 Å². The Balaban J connectivity index is 1.90. The van der Waals surface area contributed by atoms with Gasteiger partial charge in [-0.3, -0.25) is 24.6 Å². The maximum atomic E-state index is 12.9. The average Bonchev–Trinajstić information content (AvgIpc) is 2.96.